The first-order valence-electron chi connectivity index (χ1n) is 7.95. The van der Waals surface area contributed by atoms with E-state index in [0.29, 0.717) is 11.8 Å². The maximum Gasteiger partial charge on any atom is 0.261 e. The Morgan fingerprint density at radius 2 is 2.26 bits per heavy atom. The van der Waals surface area contributed by atoms with Crippen LogP contribution < -0.4 is 10.6 Å². The van der Waals surface area contributed by atoms with Gasteiger partial charge in [0.2, 0.25) is 0 Å². The summed E-state index contributed by atoms with van der Waals surface area (Å²) in [5, 5.41) is 12.2. The molecule has 2 aromatic heterocycles. The van der Waals surface area contributed by atoms with Crippen molar-refractivity contribution in [2.45, 2.75) is 39.2 Å². The van der Waals surface area contributed by atoms with Crippen molar-refractivity contribution in [2.75, 3.05) is 13.1 Å². The smallest absolute Gasteiger partial charge is 0.261 e. The van der Waals surface area contributed by atoms with E-state index >= 15 is 0 Å². The number of carbonyl (C=O) groups excluding carboxylic acids is 1. The lowest BCUT2D eigenvalue weighted by atomic mass is 9.95. The number of hydrogen-bond donors (Lipinski definition) is 2. The van der Waals surface area contributed by atoms with Gasteiger partial charge in [-0.15, -0.1) is 23.7 Å². The van der Waals surface area contributed by atoms with Crippen LogP contribution in [0, 0.1) is 5.92 Å². The molecule has 7 heteroatoms. The molecule has 0 spiro atoms. The Kier molecular flexibility index (Phi) is 5.70. The van der Waals surface area contributed by atoms with Crippen LogP contribution in [0.4, 0.5) is 0 Å². The zero-order valence-electron chi connectivity index (χ0n) is 14.0. The molecule has 3 heterocycles. The van der Waals surface area contributed by atoms with Crippen LogP contribution in [0.15, 0.2) is 6.07 Å². The maximum absolute atomic E-state index is 12.6. The van der Waals surface area contributed by atoms with Gasteiger partial charge in [-0.1, -0.05) is 20.8 Å². The third-order valence-corrected chi connectivity index (χ3v) is 5.61. The zero-order chi connectivity index (χ0) is 15.9. The molecule has 128 valence electrons. The van der Waals surface area contributed by atoms with Gasteiger partial charge >= 0.3 is 0 Å². The van der Waals surface area contributed by atoms with Gasteiger partial charge in [0.1, 0.15) is 4.83 Å². The topological polar surface area (TPSA) is 59.0 Å². The normalized spacial score (nSPS) is 21.4. The molecule has 0 aromatic carbocycles. The first-order chi connectivity index (χ1) is 10.5. The summed E-state index contributed by atoms with van der Waals surface area (Å²) in [6.07, 6.45) is 0.997. The van der Waals surface area contributed by atoms with Gasteiger partial charge in [-0.05, 0) is 37.4 Å². The van der Waals surface area contributed by atoms with Gasteiger partial charge < -0.3 is 10.6 Å². The van der Waals surface area contributed by atoms with E-state index in [-0.39, 0.29) is 24.4 Å². The van der Waals surface area contributed by atoms with Crippen molar-refractivity contribution in [3.63, 3.8) is 0 Å². The molecule has 0 radical (unpaired) electrons. The molecule has 1 saturated heterocycles. The van der Waals surface area contributed by atoms with Crippen LogP contribution in [0.2, 0.25) is 0 Å². The molecule has 3 rings (SSSR count). The predicted octanol–water partition coefficient (Wildman–Crippen LogP) is 2.91. The van der Waals surface area contributed by atoms with Crippen molar-refractivity contribution in [3.05, 3.63) is 16.6 Å². The number of halogens is 1. The molecule has 2 atom stereocenters. The predicted molar refractivity (Wildman–Crippen MR) is 97.8 cm³/mol. The van der Waals surface area contributed by atoms with Gasteiger partial charge in [-0.3, -0.25) is 9.48 Å². The van der Waals surface area contributed by atoms with Gasteiger partial charge in [0, 0.05) is 18.5 Å². The Hall–Kier alpha value is -1.11. The Labute approximate surface area is 147 Å². The highest BCUT2D eigenvalue weighted by Crippen LogP contribution is 2.31. The fraction of sp³-hybridized carbons (Fsp3) is 0.625. The minimum atomic E-state index is 0. The number of thiophene rings is 1. The highest BCUT2D eigenvalue weighted by Gasteiger charge is 2.25. The van der Waals surface area contributed by atoms with Gasteiger partial charge in [-0.25, -0.2) is 0 Å². The van der Waals surface area contributed by atoms with E-state index in [4.69, 9.17) is 0 Å². The average Bonchev–Trinajstić information content (AvgIpc) is 3.02. The fourth-order valence-electron chi connectivity index (χ4n) is 3.07. The number of aryl methyl sites for hydroxylation is 1. The van der Waals surface area contributed by atoms with E-state index in [1.807, 2.05) is 17.8 Å². The van der Waals surface area contributed by atoms with E-state index < -0.39 is 0 Å². The largest absolute Gasteiger partial charge is 0.348 e. The summed E-state index contributed by atoms with van der Waals surface area (Å²) in [5.74, 6) is 0.883. The standard InChI is InChI=1S/C16H24N4OS.ClH/c1-9(2)14-11-7-13(22-16(11)20(4)19-14)15(21)18-12-5-6-17-8-10(12)3;/h7,9-10,12,17H,5-6,8H2,1-4H3,(H,18,21);1H. The molecule has 0 aliphatic carbocycles. The number of nitrogens with zero attached hydrogens (tertiary/aromatic N) is 2. The number of hydrogen-bond acceptors (Lipinski definition) is 4. The monoisotopic (exact) mass is 356 g/mol. The van der Waals surface area contributed by atoms with Crippen LogP contribution >= 0.6 is 23.7 Å². The van der Waals surface area contributed by atoms with E-state index in [0.717, 1.165) is 40.3 Å². The molecule has 2 aromatic rings. The molecule has 1 fully saturated rings. The molecular weight excluding hydrogens is 332 g/mol. The van der Waals surface area contributed by atoms with Crippen molar-refractivity contribution in [2.24, 2.45) is 13.0 Å². The lowest BCUT2D eigenvalue weighted by molar-refractivity contribution is 0.0918. The van der Waals surface area contributed by atoms with E-state index in [2.05, 4.69) is 36.5 Å². The summed E-state index contributed by atoms with van der Waals surface area (Å²) >= 11 is 1.53. The van der Waals surface area contributed by atoms with Crippen LogP contribution in [-0.4, -0.2) is 34.8 Å². The lowest BCUT2D eigenvalue weighted by Crippen LogP contribution is -2.48. The molecule has 1 aliphatic heterocycles. The molecule has 0 bridgehead atoms. The molecule has 0 saturated carbocycles. The highest BCUT2D eigenvalue weighted by atomic mass is 35.5. The van der Waals surface area contributed by atoms with Crippen molar-refractivity contribution in [3.8, 4) is 0 Å². The number of aromatic nitrogens is 2. The van der Waals surface area contributed by atoms with Gasteiger partial charge in [0.25, 0.3) is 5.91 Å². The van der Waals surface area contributed by atoms with Crippen LogP contribution in [0.3, 0.4) is 0 Å². The van der Waals surface area contributed by atoms with Crippen molar-refractivity contribution in [1.29, 1.82) is 0 Å². The minimum Gasteiger partial charge on any atom is -0.348 e. The summed E-state index contributed by atoms with van der Waals surface area (Å²) in [5.41, 5.74) is 1.07. The Balaban J connectivity index is 0.00000192. The van der Waals surface area contributed by atoms with Gasteiger partial charge in [0.05, 0.1) is 10.6 Å². The number of fused-ring (bicyclic) bond motifs is 1. The molecule has 1 aliphatic rings. The number of piperidine rings is 1. The Morgan fingerprint density at radius 1 is 1.52 bits per heavy atom. The average molecular weight is 357 g/mol. The quantitative estimate of drug-likeness (QED) is 0.889. The lowest BCUT2D eigenvalue weighted by Gasteiger charge is -2.30. The van der Waals surface area contributed by atoms with Crippen LogP contribution in [0.5, 0.6) is 0 Å². The summed E-state index contributed by atoms with van der Waals surface area (Å²) in [4.78, 5) is 14.4. The summed E-state index contributed by atoms with van der Waals surface area (Å²) in [6.45, 7) is 8.40. The van der Waals surface area contributed by atoms with Crippen LogP contribution in [0.25, 0.3) is 10.2 Å². The van der Waals surface area contributed by atoms with E-state index in [9.17, 15) is 4.79 Å². The first-order valence-corrected chi connectivity index (χ1v) is 8.77. The number of nitrogens with one attached hydrogen (secondary N) is 2. The third kappa shape index (κ3) is 3.54. The molecular formula is C16H25ClN4OS. The van der Waals surface area contributed by atoms with Crippen molar-refractivity contribution >= 4 is 39.9 Å². The van der Waals surface area contributed by atoms with Gasteiger partial charge in [0.15, 0.2) is 0 Å². The summed E-state index contributed by atoms with van der Waals surface area (Å²) in [7, 11) is 1.95. The fourth-order valence-corrected chi connectivity index (χ4v) is 4.06. The number of amides is 1. The summed E-state index contributed by atoms with van der Waals surface area (Å²) in [6, 6.07) is 2.27. The van der Waals surface area contributed by atoms with E-state index in [1.54, 1.807) is 0 Å². The SMILES string of the molecule is CC(C)c1nn(C)c2sc(C(=O)NC3CCNCC3C)cc12.Cl. The Morgan fingerprint density at radius 3 is 2.91 bits per heavy atom. The highest BCUT2D eigenvalue weighted by molar-refractivity contribution is 7.20. The van der Waals surface area contributed by atoms with Gasteiger partial charge in [-0.2, -0.15) is 5.10 Å². The molecule has 1 amide bonds. The molecule has 2 N–H and O–H groups in total. The van der Waals surface area contributed by atoms with Crippen molar-refractivity contribution in [1.82, 2.24) is 20.4 Å². The molecule has 2 unspecified atom stereocenters. The zero-order valence-corrected chi connectivity index (χ0v) is 15.7. The number of carbonyl (C=O) groups is 1. The van der Waals surface area contributed by atoms with Crippen molar-refractivity contribution < 1.29 is 4.79 Å². The second-order valence-corrected chi connectivity index (χ2v) is 7.57. The summed E-state index contributed by atoms with van der Waals surface area (Å²) < 4.78 is 1.89. The van der Waals surface area contributed by atoms with Crippen LogP contribution in [0.1, 0.15) is 48.5 Å². The maximum atomic E-state index is 12.6. The van der Waals surface area contributed by atoms with Crippen LogP contribution in [-0.2, 0) is 7.05 Å². The third-order valence-electron chi connectivity index (χ3n) is 4.41. The Bertz CT molecular complexity index is 694. The number of rotatable bonds is 3. The second kappa shape index (κ2) is 7.20. The van der Waals surface area contributed by atoms with E-state index in [1.165, 1.54) is 11.3 Å². The second-order valence-electron chi connectivity index (χ2n) is 6.54. The first kappa shape index (κ1) is 18.2. The molecule has 23 heavy (non-hydrogen) atoms. The minimum absolute atomic E-state index is 0. The molecule has 5 nitrogen and oxygen atoms in total.